The van der Waals surface area contributed by atoms with Crippen LogP contribution in [0.4, 0.5) is 22.7 Å². The molecule has 5 aromatic rings. The largest absolute Gasteiger partial charge is 0.388 e. The molecule has 0 amide bonds. The molecule has 2 aliphatic heterocycles. The topological polar surface area (TPSA) is 15.3 Å². The molecule has 7 rings (SSSR count). The Kier molecular flexibility index (Phi) is 4.49. The summed E-state index contributed by atoms with van der Waals surface area (Å²) in [6, 6.07) is 36.1. The monoisotopic (exact) mass is 480 g/mol. The molecule has 1 N–H and O–H groups in total. The van der Waals surface area contributed by atoms with Gasteiger partial charge in [0.15, 0.2) is 0 Å². The lowest BCUT2D eigenvalue weighted by atomic mass is 9.66. The molecule has 2 aliphatic rings. The van der Waals surface area contributed by atoms with Gasteiger partial charge in [0.2, 0.25) is 0 Å². The van der Waals surface area contributed by atoms with Crippen molar-refractivity contribution >= 4 is 33.5 Å². The number of benzene rings is 5. The molecule has 0 spiro atoms. The normalized spacial score (nSPS) is 16.1. The van der Waals surface area contributed by atoms with Crippen LogP contribution in [0.25, 0.3) is 21.9 Å². The van der Waals surface area contributed by atoms with Crippen LogP contribution >= 0.6 is 0 Å². The van der Waals surface area contributed by atoms with Crippen molar-refractivity contribution in [3.63, 3.8) is 0 Å². The van der Waals surface area contributed by atoms with E-state index in [4.69, 9.17) is 0 Å². The van der Waals surface area contributed by atoms with E-state index in [-0.39, 0.29) is 10.8 Å². The summed E-state index contributed by atoms with van der Waals surface area (Å²) in [5, 5.41) is 5.88. The lowest BCUT2D eigenvalue weighted by Crippen LogP contribution is -2.38. The molecule has 0 saturated heterocycles. The molecule has 0 aromatic heterocycles. The predicted molar refractivity (Wildman–Crippen MR) is 158 cm³/mol. The zero-order chi connectivity index (χ0) is 25.5. The van der Waals surface area contributed by atoms with Crippen molar-refractivity contribution in [3.05, 3.63) is 119 Å². The van der Waals surface area contributed by atoms with Crippen LogP contribution in [0.3, 0.4) is 0 Å². The molecule has 0 bridgehead atoms. The van der Waals surface area contributed by atoms with Crippen molar-refractivity contribution in [1.82, 2.24) is 0 Å². The molecule has 0 radical (unpaired) electrons. The molecule has 0 saturated carbocycles. The quantitative estimate of drug-likeness (QED) is 0.271. The maximum absolute atomic E-state index is 3.36. The third-order valence-corrected chi connectivity index (χ3v) is 8.84. The fraction of sp³-hybridized carbons (Fsp3) is 0.200. The molecular formula is C35H32N2. The minimum Gasteiger partial charge on any atom is -0.388 e. The summed E-state index contributed by atoms with van der Waals surface area (Å²) in [5.41, 5.74) is 13.0. The molecular weight excluding hydrogens is 448 g/mol. The van der Waals surface area contributed by atoms with E-state index < -0.39 is 0 Å². The van der Waals surface area contributed by atoms with Crippen molar-refractivity contribution in [3.8, 4) is 11.1 Å². The number of fused-ring (bicyclic) bond motifs is 5. The van der Waals surface area contributed by atoms with Crippen LogP contribution in [0.5, 0.6) is 0 Å². The molecule has 0 atom stereocenters. The Hall–Kier alpha value is -4.04. The fourth-order valence-corrected chi connectivity index (χ4v) is 6.83. The van der Waals surface area contributed by atoms with E-state index in [1.807, 2.05) is 7.05 Å². The zero-order valence-electron chi connectivity index (χ0n) is 22.2. The minimum atomic E-state index is -0.129. The van der Waals surface area contributed by atoms with E-state index in [2.05, 4.69) is 135 Å². The van der Waals surface area contributed by atoms with E-state index in [0.29, 0.717) is 0 Å². The van der Waals surface area contributed by atoms with E-state index in [1.165, 1.54) is 61.2 Å². The Morgan fingerprint density at radius 3 is 1.97 bits per heavy atom. The van der Waals surface area contributed by atoms with Crippen molar-refractivity contribution in [2.45, 2.75) is 38.5 Å². The highest BCUT2D eigenvalue weighted by atomic mass is 15.2. The Labute approximate surface area is 219 Å². The maximum atomic E-state index is 3.36. The summed E-state index contributed by atoms with van der Waals surface area (Å²) in [6.45, 7) is 9.51. The number of para-hydroxylation sites is 2. The Morgan fingerprint density at radius 1 is 0.568 bits per heavy atom. The summed E-state index contributed by atoms with van der Waals surface area (Å²) in [6.07, 6.45) is 0. The maximum Gasteiger partial charge on any atom is 0.0543 e. The SMILES string of the molecule is CNc1cccc2c(-c3ccc4c(c3)C(C)(C)c3cccc5c3N4c3ccccc3C5(C)C)cccc12. The predicted octanol–water partition coefficient (Wildman–Crippen LogP) is 9.30. The zero-order valence-corrected chi connectivity index (χ0v) is 22.2. The first-order chi connectivity index (χ1) is 17.8. The second-order valence-electron chi connectivity index (χ2n) is 11.5. The van der Waals surface area contributed by atoms with Crippen LogP contribution < -0.4 is 10.2 Å². The fourth-order valence-electron chi connectivity index (χ4n) is 6.83. The first-order valence-corrected chi connectivity index (χ1v) is 13.2. The molecule has 0 aliphatic carbocycles. The Morgan fingerprint density at radius 2 is 1.19 bits per heavy atom. The van der Waals surface area contributed by atoms with Gasteiger partial charge in [0.1, 0.15) is 0 Å². The van der Waals surface area contributed by atoms with Crippen molar-refractivity contribution < 1.29 is 0 Å². The van der Waals surface area contributed by atoms with E-state index in [9.17, 15) is 0 Å². The molecule has 2 heteroatoms. The molecule has 2 nitrogen and oxygen atoms in total. The Balaban J connectivity index is 1.51. The minimum absolute atomic E-state index is 0.0556. The van der Waals surface area contributed by atoms with Gasteiger partial charge in [0, 0.05) is 29.0 Å². The highest BCUT2D eigenvalue weighted by Crippen LogP contribution is 2.60. The summed E-state index contributed by atoms with van der Waals surface area (Å²) in [7, 11) is 1.99. The molecule has 5 aromatic carbocycles. The van der Waals surface area contributed by atoms with Crippen LogP contribution in [0.2, 0.25) is 0 Å². The van der Waals surface area contributed by atoms with Crippen LogP contribution in [-0.2, 0) is 10.8 Å². The van der Waals surface area contributed by atoms with Gasteiger partial charge in [-0.2, -0.15) is 0 Å². The molecule has 0 fully saturated rings. The van der Waals surface area contributed by atoms with Crippen LogP contribution in [0.15, 0.2) is 97.1 Å². The molecule has 182 valence electrons. The third-order valence-electron chi connectivity index (χ3n) is 8.84. The lowest BCUT2D eigenvalue weighted by molar-refractivity contribution is 0.597. The van der Waals surface area contributed by atoms with Gasteiger partial charge >= 0.3 is 0 Å². The van der Waals surface area contributed by atoms with Crippen LogP contribution in [-0.4, -0.2) is 7.05 Å². The molecule has 2 heterocycles. The van der Waals surface area contributed by atoms with Gasteiger partial charge in [-0.25, -0.2) is 0 Å². The van der Waals surface area contributed by atoms with Gasteiger partial charge in [0.25, 0.3) is 0 Å². The number of rotatable bonds is 2. The van der Waals surface area contributed by atoms with Crippen molar-refractivity contribution in [2.24, 2.45) is 0 Å². The summed E-state index contributed by atoms with van der Waals surface area (Å²) < 4.78 is 0. The number of hydrogen-bond donors (Lipinski definition) is 1. The lowest BCUT2D eigenvalue weighted by Gasteiger charge is -2.49. The van der Waals surface area contributed by atoms with Crippen molar-refractivity contribution in [1.29, 1.82) is 0 Å². The first-order valence-electron chi connectivity index (χ1n) is 13.2. The van der Waals surface area contributed by atoms with Crippen molar-refractivity contribution in [2.75, 3.05) is 17.3 Å². The van der Waals surface area contributed by atoms with E-state index in [0.717, 1.165) is 5.69 Å². The van der Waals surface area contributed by atoms with Gasteiger partial charge in [-0.1, -0.05) is 100 Å². The molecule has 0 unspecified atom stereocenters. The van der Waals surface area contributed by atoms with Gasteiger partial charge < -0.3 is 10.2 Å². The third kappa shape index (κ3) is 2.87. The summed E-state index contributed by atoms with van der Waals surface area (Å²) >= 11 is 0. The average Bonchev–Trinajstić information content (AvgIpc) is 2.92. The summed E-state index contributed by atoms with van der Waals surface area (Å²) in [4.78, 5) is 2.53. The smallest absolute Gasteiger partial charge is 0.0543 e. The second kappa shape index (κ2) is 7.49. The Bertz CT molecular complexity index is 1720. The van der Waals surface area contributed by atoms with Crippen LogP contribution in [0.1, 0.15) is 49.9 Å². The molecule has 37 heavy (non-hydrogen) atoms. The first kappa shape index (κ1) is 22.2. The van der Waals surface area contributed by atoms with Gasteiger partial charge in [0.05, 0.1) is 17.1 Å². The second-order valence-corrected chi connectivity index (χ2v) is 11.5. The number of anilines is 4. The van der Waals surface area contributed by atoms with Gasteiger partial charge in [-0.3, -0.25) is 0 Å². The van der Waals surface area contributed by atoms with Crippen LogP contribution in [0, 0.1) is 0 Å². The summed E-state index contributed by atoms with van der Waals surface area (Å²) in [5.74, 6) is 0. The number of hydrogen-bond acceptors (Lipinski definition) is 2. The standard InChI is InChI=1S/C35H32N2/c1-34(2)26-14-6-7-18-31(26)37-32-20-19-22(23-11-8-13-25-24(23)12-9-17-30(25)36-5)21-29(32)35(3,4)28-16-10-15-27(34)33(28)37/h6-21,36H,1-5H3. The van der Waals surface area contributed by atoms with Gasteiger partial charge in [-0.15, -0.1) is 0 Å². The van der Waals surface area contributed by atoms with E-state index >= 15 is 0 Å². The number of nitrogens with zero attached hydrogens (tertiary/aromatic N) is 1. The van der Waals surface area contributed by atoms with E-state index in [1.54, 1.807) is 0 Å². The van der Waals surface area contributed by atoms with Gasteiger partial charge in [-0.05, 0) is 63.0 Å². The average molecular weight is 481 g/mol. The number of nitrogens with one attached hydrogen (secondary N) is 1. The highest BCUT2D eigenvalue weighted by molar-refractivity contribution is 6.03. The highest BCUT2D eigenvalue weighted by Gasteiger charge is 2.45.